The molecule has 2 atom stereocenters. The number of rotatable bonds is 12. The van der Waals surface area contributed by atoms with E-state index in [1.165, 1.54) is 32.4 Å². The second-order valence-electron chi connectivity index (χ2n) is 17.2. The number of methoxy groups -OCH3 is 2. The van der Waals surface area contributed by atoms with Gasteiger partial charge in [0.1, 0.15) is 43.8 Å². The fourth-order valence-electron chi connectivity index (χ4n) is 10.1. The Morgan fingerprint density at radius 1 is 0.967 bits per heavy atom. The third-order valence-electron chi connectivity index (χ3n) is 12.9. The van der Waals surface area contributed by atoms with Crippen LogP contribution in [0, 0.1) is 28.9 Å². The Hall–Kier alpha value is -4.65. The lowest BCUT2D eigenvalue weighted by atomic mass is 9.92. The van der Waals surface area contributed by atoms with Crippen LogP contribution in [0.25, 0.3) is 32.8 Å². The topological polar surface area (TPSA) is 98.3 Å². The standard InChI is InChI=1S/C45H55F4N5O5Si/c1-26(2)60(27(3)4,28(5)6)19-13-32-34(47)11-10-29-20-31(59-25-56-7)21-33(36(29)32)37-39(48)41-38(42(57-8)40(37)49)43(53-17-12-35(55)50-15-18-53)52-44(51-41)58-24-45-14-9-16-54(45)23-30(46)22-45/h10-11,20-21,26-28,30H,9,12,14-18,22-25H2,1-8H3,(H,50,55)/t30-,45+/m1/s1. The highest BCUT2D eigenvalue weighted by molar-refractivity contribution is 6.90. The van der Waals surface area contributed by atoms with Crippen LogP contribution in [-0.4, -0.2) is 101 Å². The first-order chi connectivity index (χ1) is 28.6. The summed E-state index contributed by atoms with van der Waals surface area (Å²) in [4.78, 5) is 25.6. The van der Waals surface area contributed by atoms with Crippen molar-refractivity contribution in [2.45, 2.75) is 95.6 Å². The number of nitrogens with zero attached hydrogens (tertiary/aromatic N) is 4. The van der Waals surface area contributed by atoms with Crippen molar-refractivity contribution in [3.05, 3.63) is 47.3 Å². The third kappa shape index (κ3) is 7.75. The number of fused-ring (bicyclic) bond motifs is 3. The second kappa shape index (κ2) is 17.4. The number of anilines is 1. The van der Waals surface area contributed by atoms with Crippen LogP contribution in [0.2, 0.25) is 16.6 Å². The summed E-state index contributed by atoms with van der Waals surface area (Å²) in [5.74, 6) is 0.247. The third-order valence-corrected chi connectivity index (χ3v) is 19.2. The van der Waals surface area contributed by atoms with E-state index in [4.69, 9.17) is 23.9 Å². The Morgan fingerprint density at radius 2 is 1.72 bits per heavy atom. The van der Waals surface area contributed by atoms with Crippen LogP contribution < -0.4 is 24.4 Å². The first kappa shape index (κ1) is 43.4. The Morgan fingerprint density at radius 3 is 2.42 bits per heavy atom. The van der Waals surface area contributed by atoms with Gasteiger partial charge >= 0.3 is 6.01 Å². The van der Waals surface area contributed by atoms with E-state index in [1.807, 2.05) is 0 Å². The van der Waals surface area contributed by atoms with E-state index in [0.717, 1.165) is 19.4 Å². The quantitative estimate of drug-likeness (QED) is 0.0650. The zero-order valence-electron chi connectivity index (χ0n) is 35.7. The number of hydrogen-bond acceptors (Lipinski definition) is 9. The number of amides is 1. The van der Waals surface area contributed by atoms with Crippen LogP contribution in [0.4, 0.5) is 23.4 Å². The number of aromatic nitrogens is 2. The van der Waals surface area contributed by atoms with Gasteiger partial charge in [-0.15, -0.1) is 5.54 Å². The summed E-state index contributed by atoms with van der Waals surface area (Å²) < 4.78 is 89.6. The highest BCUT2D eigenvalue weighted by atomic mass is 28.3. The molecule has 0 spiro atoms. The van der Waals surface area contributed by atoms with E-state index >= 15 is 13.2 Å². The van der Waals surface area contributed by atoms with E-state index in [0.29, 0.717) is 11.9 Å². The highest BCUT2D eigenvalue weighted by Crippen LogP contribution is 2.47. The number of halogens is 4. The molecule has 10 nitrogen and oxygen atoms in total. The Bertz CT molecular complexity index is 2330. The molecular formula is C45H55F4N5O5Si. The summed E-state index contributed by atoms with van der Waals surface area (Å²) in [6.07, 6.45) is 0.988. The van der Waals surface area contributed by atoms with Crippen LogP contribution in [-0.2, 0) is 9.53 Å². The van der Waals surface area contributed by atoms with Gasteiger partial charge in [-0.25, -0.2) is 17.6 Å². The van der Waals surface area contributed by atoms with E-state index in [2.05, 4.69) is 68.2 Å². The SMILES string of the molecule is COCOc1cc(-c2c(F)c(OC)c3c(N4CCNC(=O)CC4)nc(OC[C@@]45CCCN4C[C@H](F)C5)nc3c2F)c2c(C#C[Si](C(C)C)(C(C)C)C(C)C)c(F)ccc2c1. The van der Waals surface area contributed by atoms with Crippen LogP contribution in [0.3, 0.4) is 0 Å². The largest absolute Gasteiger partial charge is 0.493 e. The van der Waals surface area contributed by atoms with Crippen molar-refractivity contribution in [1.29, 1.82) is 0 Å². The maximum Gasteiger partial charge on any atom is 0.319 e. The van der Waals surface area contributed by atoms with Crippen molar-refractivity contribution in [2.75, 3.05) is 65.2 Å². The molecule has 0 saturated carbocycles. The average Bonchev–Trinajstić information content (AvgIpc) is 3.64. The maximum absolute atomic E-state index is 17.9. The molecule has 3 fully saturated rings. The minimum atomic E-state index is -2.41. The van der Waals surface area contributed by atoms with Crippen LogP contribution >= 0.6 is 0 Å². The molecule has 0 bridgehead atoms. The predicted octanol–water partition coefficient (Wildman–Crippen LogP) is 8.71. The molecule has 0 unspecified atom stereocenters. The molecule has 1 aromatic heterocycles. The Labute approximate surface area is 350 Å². The minimum Gasteiger partial charge on any atom is -0.493 e. The lowest BCUT2D eigenvalue weighted by Gasteiger charge is -2.38. The van der Waals surface area contributed by atoms with Crippen molar-refractivity contribution in [1.82, 2.24) is 20.2 Å². The molecule has 3 aliphatic rings. The molecule has 322 valence electrons. The average molecular weight is 850 g/mol. The summed E-state index contributed by atoms with van der Waals surface area (Å²) in [7, 11) is 0.310. The molecule has 1 amide bonds. The van der Waals surface area contributed by atoms with Gasteiger partial charge in [0.05, 0.1) is 29.2 Å². The summed E-state index contributed by atoms with van der Waals surface area (Å²) in [5.41, 5.74) is 2.87. The monoisotopic (exact) mass is 849 g/mol. The number of carbonyl (C=O) groups is 1. The molecule has 1 N–H and O–H groups in total. The van der Waals surface area contributed by atoms with Gasteiger partial charge < -0.3 is 29.2 Å². The fourth-order valence-corrected chi connectivity index (χ4v) is 15.3. The molecule has 0 aliphatic carbocycles. The summed E-state index contributed by atoms with van der Waals surface area (Å²) in [5, 5.41) is 3.39. The van der Waals surface area contributed by atoms with Gasteiger partial charge in [-0.3, -0.25) is 9.69 Å². The number of carbonyl (C=O) groups excluding carboxylic acids is 1. The van der Waals surface area contributed by atoms with Crippen molar-refractivity contribution in [3.63, 3.8) is 0 Å². The molecule has 3 saturated heterocycles. The van der Waals surface area contributed by atoms with E-state index in [-0.39, 0.29) is 119 Å². The fraction of sp³-hybridized carbons (Fsp3) is 0.533. The van der Waals surface area contributed by atoms with Crippen molar-refractivity contribution in [3.8, 4) is 40.1 Å². The zero-order valence-corrected chi connectivity index (χ0v) is 36.7. The molecule has 15 heteroatoms. The number of benzene rings is 3. The van der Waals surface area contributed by atoms with Gasteiger partial charge in [0, 0.05) is 57.1 Å². The number of hydrogen-bond donors (Lipinski definition) is 1. The van der Waals surface area contributed by atoms with Gasteiger partial charge in [0.25, 0.3) is 0 Å². The molecule has 3 aromatic carbocycles. The summed E-state index contributed by atoms with van der Waals surface area (Å²) >= 11 is 0. The van der Waals surface area contributed by atoms with E-state index < -0.39 is 42.8 Å². The number of nitrogens with one attached hydrogen (secondary N) is 1. The molecule has 7 rings (SSSR count). The normalized spacial score (nSPS) is 19.9. The van der Waals surface area contributed by atoms with Crippen LogP contribution in [0.15, 0.2) is 24.3 Å². The Balaban J connectivity index is 1.51. The van der Waals surface area contributed by atoms with Gasteiger partial charge in [-0.1, -0.05) is 53.5 Å². The van der Waals surface area contributed by atoms with Crippen LogP contribution in [0.1, 0.15) is 72.8 Å². The number of alkyl halides is 1. The zero-order chi connectivity index (χ0) is 43.1. The summed E-state index contributed by atoms with van der Waals surface area (Å²) in [6, 6.07) is 5.75. The maximum atomic E-state index is 17.9. The van der Waals surface area contributed by atoms with Crippen molar-refractivity contribution < 1.29 is 41.3 Å². The van der Waals surface area contributed by atoms with E-state index in [1.54, 1.807) is 11.0 Å². The first-order valence-electron chi connectivity index (χ1n) is 20.9. The second-order valence-corrected chi connectivity index (χ2v) is 22.8. The lowest BCUT2D eigenvalue weighted by Crippen LogP contribution is -2.43. The highest BCUT2D eigenvalue weighted by Gasteiger charge is 2.49. The molecule has 0 radical (unpaired) electrons. The number of ether oxygens (including phenoxy) is 4. The smallest absolute Gasteiger partial charge is 0.319 e. The Kier molecular flexibility index (Phi) is 12.6. The van der Waals surface area contributed by atoms with Crippen molar-refractivity contribution in [2.24, 2.45) is 0 Å². The summed E-state index contributed by atoms with van der Waals surface area (Å²) in [6.45, 7) is 14.6. The van der Waals surface area contributed by atoms with Gasteiger partial charge in [0.15, 0.2) is 24.2 Å². The molecule has 3 aliphatic heterocycles. The van der Waals surface area contributed by atoms with Gasteiger partial charge in [-0.05, 0) is 59.6 Å². The minimum absolute atomic E-state index is 0.00900. The van der Waals surface area contributed by atoms with Gasteiger partial charge in [-0.2, -0.15) is 9.97 Å². The predicted molar refractivity (Wildman–Crippen MR) is 228 cm³/mol. The lowest BCUT2D eigenvalue weighted by molar-refractivity contribution is -0.120. The van der Waals surface area contributed by atoms with Crippen LogP contribution in [0.5, 0.6) is 17.5 Å². The van der Waals surface area contributed by atoms with Crippen molar-refractivity contribution >= 4 is 41.5 Å². The molecule has 4 aromatic rings. The van der Waals surface area contributed by atoms with E-state index in [9.17, 15) is 9.18 Å². The molecule has 60 heavy (non-hydrogen) atoms. The van der Waals surface area contributed by atoms with Gasteiger partial charge in [0.2, 0.25) is 5.91 Å². The first-order valence-corrected chi connectivity index (χ1v) is 23.1. The molecular weight excluding hydrogens is 795 g/mol. The molecule has 4 heterocycles.